The smallest absolute Gasteiger partial charge is 0.0378 e. The van der Waals surface area contributed by atoms with Crippen molar-refractivity contribution in [1.82, 2.24) is 4.98 Å². The van der Waals surface area contributed by atoms with E-state index in [1.165, 1.54) is 82.1 Å². The van der Waals surface area contributed by atoms with E-state index in [1.807, 2.05) is 6.20 Å². The number of benzene rings is 5. The molecule has 2 aliphatic rings. The minimum Gasteiger partial charge on any atom is -0.262 e. The second-order valence-corrected chi connectivity index (χ2v) is 12.3. The largest absolute Gasteiger partial charge is 0.262 e. The molecule has 0 radical (unpaired) electrons. The lowest BCUT2D eigenvalue weighted by Gasteiger charge is -2.22. The molecule has 1 nitrogen and oxygen atoms in total. The lowest BCUT2D eigenvalue weighted by molar-refractivity contribution is 0.973. The molecule has 6 aromatic rings. The number of hydrogen-bond acceptors (Lipinski definition) is 1. The van der Waals surface area contributed by atoms with E-state index in [9.17, 15) is 0 Å². The molecule has 0 atom stereocenters. The third-order valence-electron chi connectivity index (χ3n) is 9.49. The van der Waals surface area contributed by atoms with Crippen molar-refractivity contribution >= 4 is 38.8 Å². The normalized spacial score (nSPS) is 14.6. The lowest BCUT2D eigenvalue weighted by Crippen LogP contribution is -2.33. The predicted octanol–water partition coefficient (Wildman–Crippen LogP) is 9.93. The number of rotatable bonds is 4. The second-order valence-electron chi connectivity index (χ2n) is 12.3. The van der Waals surface area contributed by atoms with Gasteiger partial charge in [0.15, 0.2) is 0 Å². The van der Waals surface area contributed by atoms with Crippen LogP contribution in [-0.2, 0) is 0 Å². The van der Waals surface area contributed by atoms with Crippen molar-refractivity contribution in [2.75, 3.05) is 0 Å². The summed E-state index contributed by atoms with van der Waals surface area (Å²) in [6, 6.07) is 38.3. The van der Waals surface area contributed by atoms with Crippen molar-refractivity contribution in [3.05, 3.63) is 154 Å². The number of aromatic nitrogens is 1. The summed E-state index contributed by atoms with van der Waals surface area (Å²) in [4.78, 5) is 4.42. The van der Waals surface area contributed by atoms with Crippen molar-refractivity contribution in [3.8, 4) is 22.3 Å². The molecule has 8 rings (SSSR count). The molecule has 44 heavy (non-hydrogen) atoms. The number of nitrogens with zero attached hydrogens (tertiary/aromatic N) is 1. The Morgan fingerprint density at radius 1 is 0.568 bits per heavy atom. The first-order valence-electron chi connectivity index (χ1n) is 15.8. The number of fused-ring (bicyclic) bond motifs is 3. The highest BCUT2D eigenvalue weighted by Gasteiger charge is 2.20. The van der Waals surface area contributed by atoms with Crippen LogP contribution in [0.4, 0.5) is 0 Å². The van der Waals surface area contributed by atoms with Crippen LogP contribution in [0.1, 0.15) is 49.4 Å². The number of aryl methyl sites for hydroxylation is 1. The molecule has 1 aromatic heterocycles. The van der Waals surface area contributed by atoms with Crippen LogP contribution < -0.4 is 10.4 Å². The van der Waals surface area contributed by atoms with E-state index in [-0.39, 0.29) is 0 Å². The molecule has 5 aromatic carbocycles. The van der Waals surface area contributed by atoms with E-state index in [0.717, 1.165) is 31.4 Å². The van der Waals surface area contributed by atoms with E-state index >= 15 is 0 Å². The molecule has 0 saturated carbocycles. The minimum atomic E-state index is 1.03. The summed E-state index contributed by atoms with van der Waals surface area (Å²) in [6.45, 7) is 4.29. The van der Waals surface area contributed by atoms with Gasteiger partial charge < -0.3 is 0 Å². The van der Waals surface area contributed by atoms with Crippen LogP contribution in [0.3, 0.4) is 0 Å². The average Bonchev–Trinajstić information content (AvgIpc) is 3.07. The van der Waals surface area contributed by atoms with Crippen LogP contribution in [-0.4, -0.2) is 4.98 Å². The molecule has 0 unspecified atom stereocenters. The van der Waals surface area contributed by atoms with Crippen LogP contribution in [0.2, 0.25) is 0 Å². The summed E-state index contributed by atoms with van der Waals surface area (Å²) in [5.74, 6) is 0. The van der Waals surface area contributed by atoms with Gasteiger partial charge in [-0.05, 0) is 134 Å². The van der Waals surface area contributed by atoms with Crippen molar-refractivity contribution in [2.24, 2.45) is 0 Å². The van der Waals surface area contributed by atoms with E-state index in [1.54, 1.807) is 0 Å². The van der Waals surface area contributed by atoms with Crippen molar-refractivity contribution in [3.63, 3.8) is 0 Å². The molecule has 0 spiro atoms. The Labute approximate surface area is 259 Å². The minimum absolute atomic E-state index is 1.03. The molecule has 0 aliphatic heterocycles. The van der Waals surface area contributed by atoms with Gasteiger partial charge in [0.1, 0.15) is 0 Å². The van der Waals surface area contributed by atoms with Crippen LogP contribution in [0.5, 0.6) is 0 Å². The van der Waals surface area contributed by atoms with Crippen molar-refractivity contribution < 1.29 is 0 Å². The Morgan fingerprint density at radius 3 is 1.95 bits per heavy atom. The van der Waals surface area contributed by atoms with Gasteiger partial charge >= 0.3 is 0 Å². The first kappa shape index (κ1) is 26.6. The van der Waals surface area contributed by atoms with E-state index in [4.69, 9.17) is 0 Å². The molecule has 0 bridgehead atoms. The highest BCUT2D eigenvalue weighted by atomic mass is 14.6. The SMILES string of the molecule is CC1=CC=C(c2cccc3c2=CCCC=3c2c3ccccc3c(-c3cccc(-c4ccnc(C)c4)c3)c3ccccc23)CC1. The van der Waals surface area contributed by atoms with E-state index < -0.39 is 0 Å². The molecule has 0 N–H and O–H groups in total. The Kier molecular flexibility index (Phi) is 6.60. The number of pyridine rings is 1. The first-order chi connectivity index (χ1) is 21.7. The summed E-state index contributed by atoms with van der Waals surface area (Å²) in [5.41, 5.74) is 13.2. The maximum absolute atomic E-state index is 4.42. The monoisotopic (exact) mass is 565 g/mol. The fraction of sp³-hybridized carbons (Fsp3) is 0.140. The molecule has 1 heterocycles. The summed E-state index contributed by atoms with van der Waals surface area (Å²) in [5, 5.41) is 8.06. The zero-order chi connectivity index (χ0) is 29.6. The predicted molar refractivity (Wildman–Crippen MR) is 188 cm³/mol. The lowest BCUT2D eigenvalue weighted by atomic mass is 9.82. The zero-order valence-corrected chi connectivity index (χ0v) is 25.4. The molecular weight excluding hydrogens is 530 g/mol. The highest BCUT2D eigenvalue weighted by Crippen LogP contribution is 2.43. The molecule has 0 saturated heterocycles. The highest BCUT2D eigenvalue weighted by molar-refractivity contribution is 6.19. The Bertz CT molecular complexity index is 2240. The van der Waals surface area contributed by atoms with Gasteiger partial charge in [-0.1, -0.05) is 109 Å². The molecule has 2 aliphatic carbocycles. The van der Waals surface area contributed by atoms with Gasteiger partial charge in [0, 0.05) is 11.9 Å². The van der Waals surface area contributed by atoms with E-state index in [2.05, 4.69) is 140 Å². The van der Waals surface area contributed by atoms with E-state index in [0.29, 0.717) is 0 Å². The van der Waals surface area contributed by atoms with Crippen LogP contribution in [0.15, 0.2) is 127 Å². The van der Waals surface area contributed by atoms with Crippen LogP contribution in [0, 0.1) is 6.92 Å². The van der Waals surface area contributed by atoms with Crippen LogP contribution >= 0.6 is 0 Å². The second kappa shape index (κ2) is 10.9. The third-order valence-corrected chi connectivity index (χ3v) is 9.49. The summed E-state index contributed by atoms with van der Waals surface area (Å²) >= 11 is 0. The molecule has 0 fully saturated rings. The molecular formula is C43H35N. The summed E-state index contributed by atoms with van der Waals surface area (Å²) in [7, 11) is 0. The Hall–Kier alpha value is -5.01. The van der Waals surface area contributed by atoms with Gasteiger partial charge in [-0.3, -0.25) is 4.98 Å². The molecule has 0 amide bonds. The average molecular weight is 566 g/mol. The van der Waals surface area contributed by atoms with Crippen molar-refractivity contribution in [2.45, 2.75) is 39.5 Å². The van der Waals surface area contributed by atoms with Gasteiger partial charge in [0.25, 0.3) is 0 Å². The van der Waals surface area contributed by atoms with Gasteiger partial charge in [0.05, 0.1) is 0 Å². The standard InChI is InChI=1S/C43H35N/c1-28-20-22-30(23-21-28)34-16-8-18-36-35(34)17-9-19-37(36)43-40-14-5-3-12-38(40)42(39-13-4-6-15-41(39)43)33-11-7-10-31(27-33)32-24-25-44-29(2)26-32/h3-8,10-18,20,22,24-27H,9,19,21,23H2,1-2H3. The topological polar surface area (TPSA) is 12.9 Å². The zero-order valence-electron chi connectivity index (χ0n) is 25.4. The van der Waals surface area contributed by atoms with Gasteiger partial charge in [-0.15, -0.1) is 0 Å². The quantitative estimate of drug-likeness (QED) is 0.194. The summed E-state index contributed by atoms with van der Waals surface area (Å²) in [6.07, 6.45) is 13.4. The Balaban J connectivity index is 1.42. The molecule has 1 heteroatoms. The maximum atomic E-state index is 4.42. The fourth-order valence-electron chi connectivity index (χ4n) is 7.39. The fourth-order valence-corrected chi connectivity index (χ4v) is 7.39. The van der Waals surface area contributed by atoms with Gasteiger partial charge in [-0.25, -0.2) is 0 Å². The number of hydrogen-bond donors (Lipinski definition) is 0. The summed E-state index contributed by atoms with van der Waals surface area (Å²) < 4.78 is 0. The number of allylic oxidation sites excluding steroid dienone is 4. The maximum Gasteiger partial charge on any atom is 0.0378 e. The molecule has 212 valence electrons. The first-order valence-corrected chi connectivity index (χ1v) is 15.8. The Morgan fingerprint density at radius 2 is 1.25 bits per heavy atom. The van der Waals surface area contributed by atoms with Crippen LogP contribution in [0.25, 0.3) is 61.0 Å². The third kappa shape index (κ3) is 4.52. The van der Waals surface area contributed by atoms with Crippen molar-refractivity contribution in [1.29, 1.82) is 0 Å². The van der Waals surface area contributed by atoms with Gasteiger partial charge in [-0.2, -0.15) is 0 Å². The van der Waals surface area contributed by atoms with Gasteiger partial charge in [0.2, 0.25) is 0 Å².